The van der Waals surface area contributed by atoms with E-state index in [-0.39, 0.29) is 34.5 Å². The van der Waals surface area contributed by atoms with E-state index in [2.05, 4.69) is 22.0 Å². The Morgan fingerprint density at radius 3 is 2.49 bits per heavy atom. The summed E-state index contributed by atoms with van der Waals surface area (Å²) in [6, 6.07) is 13.9. The van der Waals surface area contributed by atoms with Crippen LogP contribution in [0.3, 0.4) is 0 Å². The third kappa shape index (κ3) is 5.55. The summed E-state index contributed by atoms with van der Waals surface area (Å²) in [7, 11) is -1.66. The molecule has 10 heteroatoms. The van der Waals surface area contributed by atoms with E-state index in [1.165, 1.54) is 24.5 Å². The highest BCUT2D eigenvalue weighted by Gasteiger charge is 2.34. The second-order valence-corrected chi connectivity index (χ2v) is 10.6. The summed E-state index contributed by atoms with van der Waals surface area (Å²) < 4.78 is 12.8. The van der Waals surface area contributed by atoms with Crippen molar-refractivity contribution in [3.05, 3.63) is 82.1 Å². The lowest BCUT2D eigenvalue weighted by molar-refractivity contribution is 0.0634. The molecule has 1 fully saturated rings. The van der Waals surface area contributed by atoms with Crippen molar-refractivity contribution in [1.82, 2.24) is 15.1 Å². The van der Waals surface area contributed by atoms with E-state index < -0.39 is 10.8 Å². The Labute approximate surface area is 216 Å². The van der Waals surface area contributed by atoms with Crippen LogP contribution in [0.2, 0.25) is 10.0 Å². The minimum atomic E-state index is -1.66. The van der Waals surface area contributed by atoms with Gasteiger partial charge in [0.1, 0.15) is 0 Å². The predicted octanol–water partition coefficient (Wildman–Crippen LogP) is 4.51. The molecule has 0 radical (unpaired) electrons. The molecule has 35 heavy (non-hydrogen) atoms. The first-order valence-electron chi connectivity index (χ1n) is 11.1. The van der Waals surface area contributed by atoms with Gasteiger partial charge in [0, 0.05) is 47.0 Å². The van der Waals surface area contributed by atoms with Crippen molar-refractivity contribution in [2.24, 2.45) is 0 Å². The molecule has 4 rings (SSSR count). The van der Waals surface area contributed by atoms with Gasteiger partial charge in [0.05, 0.1) is 38.9 Å². The summed E-state index contributed by atoms with van der Waals surface area (Å²) in [5, 5.41) is 8.16. The molecule has 7 nitrogen and oxygen atoms in total. The largest absolute Gasteiger partial charge is 0.365 e. The molecule has 0 aliphatic carbocycles. The van der Waals surface area contributed by atoms with Crippen LogP contribution in [0, 0.1) is 0 Å². The first kappa shape index (κ1) is 25.3. The Balaban J connectivity index is 1.46. The van der Waals surface area contributed by atoms with Gasteiger partial charge < -0.3 is 9.80 Å². The molecule has 0 bridgehead atoms. The van der Waals surface area contributed by atoms with Crippen molar-refractivity contribution in [3.8, 4) is 0 Å². The highest BCUT2D eigenvalue weighted by molar-refractivity contribution is 7.86. The number of hydrogen-bond acceptors (Lipinski definition) is 6. The van der Waals surface area contributed by atoms with Gasteiger partial charge in [-0.1, -0.05) is 29.3 Å². The third-order valence-electron chi connectivity index (χ3n) is 6.26. The normalized spacial score (nSPS) is 18.9. The predicted molar refractivity (Wildman–Crippen MR) is 138 cm³/mol. The standard InChI is InChI=1S/C25H24Cl2N4O3S/c1-16-17(2)31(11-10-30(16)21-5-3-4-20(26)13-21)25(33)18-6-7-24(22(27)12-18)35(34)15-23(32)19-8-9-28-29-14-19/h3-9,12-14,16-17H,10-11,15H2,1-2H3. The maximum Gasteiger partial charge on any atom is 0.254 e. The summed E-state index contributed by atoms with van der Waals surface area (Å²) in [6.07, 6.45) is 2.73. The summed E-state index contributed by atoms with van der Waals surface area (Å²) in [6.45, 7) is 5.31. The number of carbonyl (C=O) groups is 2. The Kier molecular flexibility index (Phi) is 7.84. The fraction of sp³-hybridized carbons (Fsp3) is 0.280. The number of anilines is 1. The molecule has 182 valence electrons. The molecule has 1 aliphatic heterocycles. The van der Waals surface area contributed by atoms with Gasteiger partial charge in [0.15, 0.2) is 5.78 Å². The Hall–Kier alpha value is -2.81. The van der Waals surface area contributed by atoms with E-state index >= 15 is 0 Å². The van der Waals surface area contributed by atoms with Crippen molar-refractivity contribution < 1.29 is 13.8 Å². The first-order valence-corrected chi connectivity index (χ1v) is 13.1. The molecule has 1 aliphatic rings. The van der Waals surface area contributed by atoms with Gasteiger partial charge in [-0.15, -0.1) is 0 Å². The van der Waals surface area contributed by atoms with Crippen molar-refractivity contribution in [3.63, 3.8) is 0 Å². The highest BCUT2D eigenvalue weighted by atomic mass is 35.5. The molecular formula is C25H24Cl2N4O3S. The van der Waals surface area contributed by atoms with Gasteiger partial charge in [0.25, 0.3) is 5.91 Å². The maximum atomic E-state index is 13.3. The van der Waals surface area contributed by atoms with Gasteiger partial charge >= 0.3 is 0 Å². The number of Topliss-reactive ketones (excluding diaryl/α,β-unsaturated/α-hetero) is 1. The van der Waals surface area contributed by atoms with Crippen LogP contribution in [0.15, 0.2) is 65.8 Å². The molecule has 2 aromatic carbocycles. The molecular weight excluding hydrogens is 507 g/mol. The molecule has 0 N–H and O–H groups in total. The number of aromatic nitrogens is 2. The summed E-state index contributed by atoms with van der Waals surface area (Å²) in [5.41, 5.74) is 1.77. The van der Waals surface area contributed by atoms with E-state index in [0.717, 1.165) is 5.69 Å². The average Bonchev–Trinajstić information content (AvgIpc) is 2.85. The van der Waals surface area contributed by atoms with E-state index in [4.69, 9.17) is 23.2 Å². The molecule has 3 aromatic rings. The summed E-state index contributed by atoms with van der Waals surface area (Å²) in [4.78, 5) is 30.1. The number of rotatable bonds is 6. The second kappa shape index (κ2) is 10.8. The van der Waals surface area contributed by atoms with Crippen molar-refractivity contribution in [2.45, 2.75) is 30.8 Å². The topological polar surface area (TPSA) is 83.5 Å². The van der Waals surface area contributed by atoms with Crippen LogP contribution < -0.4 is 4.90 Å². The fourth-order valence-electron chi connectivity index (χ4n) is 4.17. The van der Waals surface area contributed by atoms with E-state index in [0.29, 0.717) is 34.1 Å². The van der Waals surface area contributed by atoms with Crippen LogP contribution >= 0.6 is 23.2 Å². The third-order valence-corrected chi connectivity index (χ3v) is 8.29. The first-order chi connectivity index (χ1) is 16.8. The molecule has 1 saturated heterocycles. The maximum absolute atomic E-state index is 13.3. The van der Waals surface area contributed by atoms with Crippen LogP contribution in [0.1, 0.15) is 34.6 Å². The molecule has 0 spiro atoms. The van der Waals surface area contributed by atoms with Gasteiger partial charge in [-0.3, -0.25) is 13.8 Å². The van der Waals surface area contributed by atoms with Crippen LogP contribution in [0.25, 0.3) is 0 Å². The van der Waals surface area contributed by atoms with Gasteiger partial charge in [-0.05, 0) is 56.3 Å². The van der Waals surface area contributed by atoms with Crippen LogP contribution in [-0.2, 0) is 10.8 Å². The SMILES string of the molecule is CC1C(C)N(c2cccc(Cl)c2)CCN1C(=O)c1ccc(S(=O)CC(=O)c2ccnnc2)c(Cl)c1. The number of ketones is 1. The number of benzene rings is 2. The minimum absolute atomic E-state index is 0.0607. The molecule has 3 unspecified atom stereocenters. The number of carbonyl (C=O) groups excluding carboxylic acids is 2. The van der Waals surface area contributed by atoms with Crippen molar-refractivity contribution in [2.75, 3.05) is 23.7 Å². The van der Waals surface area contributed by atoms with Crippen LogP contribution in [-0.4, -0.2) is 61.9 Å². The molecule has 0 saturated carbocycles. The van der Waals surface area contributed by atoms with E-state index in [9.17, 15) is 13.8 Å². The van der Waals surface area contributed by atoms with Crippen molar-refractivity contribution in [1.29, 1.82) is 0 Å². The summed E-state index contributed by atoms with van der Waals surface area (Å²) in [5.74, 6) is -0.707. The van der Waals surface area contributed by atoms with Gasteiger partial charge in [-0.2, -0.15) is 10.2 Å². The number of piperazine rings is 1. The van der Waals surface area contributed by atoms with Crippen molar-refractivity contribution >= 4 is 51.4 Å². The van der Waals surface area contributed by atoms with E-state index in [1.807, 2.05) is 36.1 Å². The lowest BCUT2D eigenvalue weighted by Crippen LogP contribution is -2.59. The van der Waals surface area contributed by atoms with E-state index in [1.54, 1.807) is 12.1 Å². The second-order valence-electron chi connectivity index (χ2n) is 8.34. The molecule has 3 atom stereocenters. The Bertz CT molecular complexity index is 1270. The number of amides is 1. The quantitative estimate of drug-likeness (QED) is 0.436. The highest BCUT2D eigenvalue weighted by Crippen LogP contribution is 2.29. The smallest absolute Gasteiger partial charge is 0.254 e. The van der Waals surface area contributed by atoms with Gasteiger partial charge in [0.2, 0.25) is 0 Å². The number of nitrogens with zero attached hydrogens (tertiary/aromatic N) is 4. The summed E-state index contributed by atoms with van der Waals surface area (Å²) >= 11 is 12.6. The molecule has 1 amide bonds. The molecule has 2 heterocycles. The number of halogens is 2. The van der Waals surface area contributed by atoms with Gasteiger partial charge in [-0.25, -0.2) is 0 Å². The van der Waals surface area contributed by atoms with Crippen LogP contribution in [0.4, 0.5) is 5.69 Å². The zero-order valence-electron chi connectivity index (χ0n) is 19.2. The number of hydrogen-bond donors (Lipinski definition) is 0. The lowest BCUT2D eigenvalue weighted by Gasteiger charge is -2.46. The zero-order valence-corrected chi connectivity index (χ0v) is 21.6. The monoisotopic (exact) mass is 530 g/mol. The minimum Gasteiger partial charge on any atom is -0.365 e. The Morgan fingerprint density at radius 1 is 1.00 bits per heavy atom. The molecule has 1 aromatic heterocycles. The zero-order chi connectivity index (χ0) is 25.1. The lowest BCUT2D eigenvalue weighted by atomic mass is 10.0. The fourth-order valence-corrected chi connectivity index (χ4v) is 5.85. The Morgan fingerprint density at radius 2 is 1.80 bits per heavy atom. The van der Waals surface area contributed by atoms with Crippen LogP contribution in [0.5, 0.6) is 0 Å². The average molecular weight is 531 g/mol.